The highest BCUT2D eigenvalue weighted by Gasteiger charge is 2.30. The van der Waals surface area contributed by atoms with Gasteiger partial charge >= 0.3 is 6.18 Å². The van der Waals surface area contributed by atoms with Crippen LogP contribution in [0.2, 0.25) is 5.02 Å². The lowest BCUT2D eigenvalue weighted by Gasteiger charge is -2.09. The fourth-order valence-corrected chi connectivity index (χ4v) is 2.41. The zero-order valence-corrected chi connectivity index (χ0v) is 14.0. The molecule has 0 unspecified atom stereocenters. The molecule has 132 valence electrons. The molecule has 0 aliphatic rings. The van der Waals surface area contributed by atoms with Gasteiger partial charge in [-0.2, -0.15) is 13.2 Å². The van der Waals surface area contributed by atoms with Crippen molar-refractivity contribution >= 4 is 23.2 Å². The Kier molecular flexibility index (Phi) is 4.95. The lowest BCUT2D eigenvalue weighted by Crippen LogP contribution is -2.11. The number of benzene rings is 2. The van der Waals surface area contributed by atoms with Crippen molar-refractivity contribution in [2.24, 2.45) is 0 Å². The SMILES string of the molecule is O=C(Nc1ccc(Cl)cc1)c1cccc(-c2ccc(C(F)(F)F)cn2)c1. The monoisotopic (exact) mass is 376 g/mol. The second-order valence-corrected chi connectivity index (χ2v) is 5.91. The molecular formula is C19H12ClF3N2O. The Morgan fingerprint density at radius 1 is 1.00 bits per heavy atom. The number of hydrogen-bond donors (Lipinski definition) is 1. The summed E-state index contributed by atoms with van der Waals surface area (Å²) in [4.78, 5) is 16.2. The molecule has 0 fully saturated rings. The van der Waals surface area contributed by atoms with Crippen molar-refractivity contribution in [3.63, 3.8) is 0 Å². The smallest absolute Gasteiger partial charge is 0.322 e. The Bertz CT molecular complexity index is 923. The topological polar surface area (TPSA) is 42.0 Å². The summed E-state index contributed by atoms with van der Waals surface area (Å²) in [7, 11) is 0. The molecule has 0 radical (unpaired) electrons. The zero-order chi connectivity index (χ0) is 18.7. The van der Waals surface area contributed by atoms with Crippen LogP contribution < -0.4 is 5.32 Å². The first kappa shape index (κ1) is 17.9. The van der Waals surface area contributed by atoms with Gasteiger partial charge in [-0.1, -0.05) is 23.7 Å². The van der Waals surface area contributed by atoms with Crippen molar-refractivity contribution in [3.8, 4) is 11.3 Å². The van der Waals surface area contributed by atoms with Crippen LogP contribution >= 0.6 is 11.6 Å². The molecule has 2 aromatic carbocycles. The molecule has 1 heterocycles. The van der Waals surface area contributed by atoms with E-state index in [0.717, 1.165) is 12.3 Å². The first-order chi connectivity index (χ1) is 12.3. The molecule has 0 saturated carbocycles. The number of hydrogen-bond acceptors (Lipinski definition) is 2. The Labute approximate surface area is 152 Å². The van der Waals surface area contributed by atoms with E-state index in [1.54, 1.807) is 48.5 Å². The summed E-state index contributed by atoms with van der Waals surface area (Å²) in [5.74, 6) is -0.346. The van der Waals surface area contributed by atoms with Crippen molar-refractivity contribution in [1.29, 1.82) is 0 Å². The second kappa shape index (κ2) is 7.17. The van der Waals surface area contributed by atoms with Gasteiger partial charge in [-0.25, -0.2) is 0 Å². The second-order valence-electron chi connectivity index (χ2n) is 5.47. The summed E-state index contributed by atoms with van der Waals surface area (Å²) >= 11 is 5.80. The van der Waals surface area contributed by atoms with Crippen LogP contribution in [0.3, 0.4) is 0 Å². The van der Waals surface area contributed by atoms with Crippen LogP contribution in [0.25, 0.3) is 11.3 Å². The van der Waals surface area contributed by atoms with Gasteiger partial charge in [-0.15, -0.1) is 0 Å². The molecule has 7 heteroatoms. The molecule has 3 nitrogen and oxygen atoms in total. The molecule has 26 heavy (non-hydrogen) atoms. The number of carbonyl (C=O) groups excluding carboxylic acids is 1. The molecule has 0 atom stereocenters. The normalized spacial score (nSPS) is 11.2. The fraction of sp³-hybridized carbons (Fsp3) is 0.0526. The van der Waals surface area contributed by atoms with Crippen LogP contribution in [0.15, 0.2) is 66.9 Å². The van der Waals surface area contributed by atoms with Gasteiger partial charge < -0.3 is 5.32 Å². The quantitative estimate of drug-likeness (QED) is 0.639. The van der Waals surface area contributed by atoms with E-state index < -0.39 is 11.7 Å². The number of halogens is 4. The zero-order valence-electron chi connectivity index (χ0n) is 13.2. The van der Waals surface area contributed by atoms with Crippen LogP contribution in [0.4, 0.5) is 18.9 Å². The van der Waals surface area contributed by atoms with Crippen molar-refractivity contribution in [3.05, 3.63) is 83.0 Å². The highest BCUT2D eigenvalue weighted by atomic mass is 35.5. The lowest BCUT2D eigenvalue weighted by molar-refractivity contribution is -0.137. The van der Waals surface area contributed by atoms with Gasteiger partial charge in [0.15, 0.2) is 0 Å². The van der Waals surface area contributed by atoms with Crippen LogP contribution in [0.5, 0.6) is 0 Å². The van der Waals surface area contributed by atoms with Gasteiger partial charge in [-0.3, -0.25) is 9.78 Å². The summed E-state index contributed by atoms with van der Waals surface area (Å²) in [5.41, 5.74) is 1.01. The maximum absolute atomic E-state index is 12.6. The third-order valence-corrected chi connectivity index (χ3v) is 3.87. The average molecular weight is 377 g/mol. The number of rotatable bonds is 3. The number of aromatic nitrogens is 1. The minimum absolute atomic E-state index is 0.346. The molecule has 0 spiro atoms. The standard InChI is InChI=1S/C19H12ClF3N2O/c20-15-5-7-16(8-6-15)25-18(26)13-3-1-2-12(10-13)17-9-4-14(11-24-17)19(21,22)23/h1-11H,(H,25,26). The van der Waals surface area contributed by atoms with E-state index in [-0.39, 0.29) is 5.91 Å². The van der Waals surface area contributed by atoms with Crippen LogP contribution in [0, 0.1) is 0 Å². The predicted molar refractivity (Wildman–Crippen MR) is 94.1 cm³/mol. The summed E-state index contributed by atoms with van der Waals surface area (Å²) in [5, 5.41) is 3.28. The van der Waals surface area contributed by atoms with Crippen LogP contribution in [0.1, 0.15) is 15.9 Å². The van der Waals surface area contributed by atoms with Crippen LogP contribution in [-0.4, -0.2) is 10.9 Å². The third kappa shape index (κ3) is 4.21. The summed E-state index contributed by atoms with van der Waals surface area (Å²) in [6.07, 6.45) is -3.67. The molecule has 0 bridgehead atoms. The first-order valence-corrected chi connectivity index (χ1v) is 7.91. The van der Waals surface area contributed by atoms with Crippen molar-refractivity contribution in [1.82, 2.24) is 4.98 Å². The molecule has 3 aromatic rings. The van der Waals surface area contributed by atoms with Gasteiger partial charge in [0, 0.05) is 28.0 Å². The van der Waals surface area contributed by atoms with Gasteiger partial charge in [0.1, 0.15) is 0 Å². The van der Waals surface area contributed by atoms with Crippen molar-refractivity contribution < 1.29 is 18.0 Å². The summed E-state index contributed by atoms with van der Waals surface area (Å²) in [6, 6.07) is 15.4. The van der Waals surface area contributed by atoms with Gasteiger partial charge in [0.25, 0.3) is 5.91 Å². The molecule has 1 aromatic heterocycles. The number of nitrogens with one attached hydrogen (secondary N) is 1. The summed E-state index contributed by atoms with van der Waals surface area (Å²) in [6.45, 7) is 0. The highest BCUT2D eigenvalue weighted by molar-refractivity contribution is 6.30. The Balaban J connectivity index is 1.81. The van der Waals surface area contributed by atoms with Gasteiger partial charge in [0.2, 0.25) is 0 Å². The minimum atomic E-state index is -4.44. The van der Waals surface area contributed by atoms with Crippen molar-refractivity contribution in [2.45, 2.75) is 6.18 Å². The molecule has 0 aliphatic heterocycles. The number of alkyl halides is 3. The Morgan fingerprint density at radius 2 is 1.73 bits per heavy atom. The summed E-state index contributed by atoms with van der Waals surface area (Å²) < 4.78 is 37.9. The van der Waals surface area contributed by atoms with E-state index in [1.807, 2.05) is 0 Å². The number of pyridine rings is 1. The van der Waals surface area contributed by atoms with E-state index in [4.69, 9.17) is 11.6 Å². The number of carbonyl (C=O) groups is 1. The van der Waals surface area contributed by atoms with E-state index >= 15 is 0 Å². The lowest BCUT2D eigenvalue weighted by atomic mass is 10.1. The number of nitrogens with zero attached hydrogens (tertiary/aromatic N) is 1. The minimum Gasteiger partial charge on any atom is -0.322 e. The third-order valence-electron chi connectivity index (χ3n) is 3.61. The number of amides is 1. The molecule has 3 rings (SSSR count). The molecule has 1 amide bonds. The van der Waals surface area contributed by atoms with Crippen molar-refractivity contribution in [2.75, 3.05) is 5.32 Å². The van der Waals surface area contributed by atoms with Crippen LogP contribution in [-0.2, 0) is 6.18 Å². The predicted octanol–water partition coefficient (Wildman–Crippen LogP) is 5.67. The van der Waals surface area contributed by atoms with E-state index in [0.29, 0.717) is 27.5 Å². The van der Waals surface area contributed by atoms with E-state index in [1.165, 1.54) is 6.07 Å². The van der Waals surface area contributed by atoms with Gasteiger partial charge in [-0.05, 0) is 48.5 Å². The molecule has 0 aliphatic carbocycles. The van der Waals surface area contributed by atoms with E-state index in [2.05, 4.69) is 10.3 Å². The van der Waals surface area contributed by atoms with E-state index in [9.17, 15) is 18.0 Å². The largest absolute Gasteiger partial charge is 0.417 e. The average Bonchev–Trinajstić information content (AvgIpc) is 2.63. The molecular weight excluding hydrogens is 365 g/mol. The number of anilines is 1. The fourth-order valence-electron chi connectivity index (χ4n) is 2.29. The highest BCUT2D eigenvalue weighted by Crippen LogP contribution is 2.30. The maximum atomic E-state index is 12.6. The Hall–Kier alpha value is -2.86. The Morgan fingerprint density at radius 3 is 2.35 bits per heavy atom. The maximum Gasteiger partial charge on any atom is 0.417 e. The molecule has 1 N–H and O–H groups in total. The first-order valence-electron chi connectivity index (χ1n) is 7.53. The van der Waals surface area contributed by atoms with Gasteiger partial charge in [0.05, 0.1) is 11.3 Å². The molecule has 0 saturated heterocycles.